The van der Waals surface area contributed by atoms with Gasteiger partial charge in [0.05, 0.1) is 30.3 Å². The zero-order chi connectivity index (χ0) is 24.0. The number of nitrogens with one attached hydrogen (secondary N) is 2. The molecule has 0 saturated carbocycles. The van der Waals surface area contributed by atoms with Crippen molar-refractivity contribution < 1.29 is 18.7 Å². The Morgan fingerprint density at radius 3 is 2.58 bits per heavy atom. The van der Waals surface area contributed by atoms with Crippen LogP contribution >= 0.6 is 23.4 Å². The van der Waals surface area contributed by atoms with E-state index in [1.54, 1.807) is 30.9 Å². The van der Waals surface area contributed by atoms with Gasteiger partial charge in [-0.15, -0.1) is 10.2 Å². The number of amides is 2. The lowest BCUT2D eigenvalue weighted by Crippen LogP contribution is -2.29. The minimum Gasteiger partial charge on any atom is -0.497 e. The minimum absolute atomic E-state index is 0.0681. The number of anilines is 1. The summed E-state index contributed by atoms with van der Waals surface area (Å²) in [4.78, 5) is 24.6. The Bertz CT molecular complexity index is 1140. The third kappa shape index (κ3) is 6.69. The Morgan fingerprint density at radius 1 is 1.18 bits per heavy atom. The van der Waals surface area contributed by atoms with E-state index in [2.05, 4.69) is 20.8 Å². The van der Waals surface area contributed by atoms with Gasteiger partial charge in [-0.05, 0) is 42.8 Å². The number of hydrogen-bond donors (Lipinski definition) is 2. The van der Waals surface area contributed by atoms with Crippen molar-refractivity contribution in [2.45, 2.75) is 24.5 Å². The molecule has 1 unspecified atom stereocenters. The second kappa shape index (κ2) is 11.2. The van der Waals surface area contributed by atoms with Gasteiger partial charge in [-0.2, -0.15) is 0 Å². The molecule has 1 aromatic heterocycles. The Hall–Kier alpha value is -3.11. The third-order valence-electron chi connectivity index (χ3n) is 4.69. The van der Waals surface area contributed by atoms with E-state index in [4.69, 9.17) is 16.3 Å². The quantitative estimate of drug-likeness (QED) is 0.442. The Labute approximate surface area is 199 Å². The number of carbonyl (C=O) groups excluding carboxylic acids is 2. The molecule has 0 radical (unpaired) electrons. The first-order valence-electron chi connectivity index (χ1n) is 9.96. The Morgan fingerprint density at radius 2 is 1.91 bits per heavy atom. The number of thioether (sulfide) groups is 1. The second-order valence-corrected chi connectivity index (χ2v) is 8.53. The molecule has 2 aromatic carbocycles. The first kappa shape index (κ1) is 24.5. The fourth-order valence-electron chi connectivity index (χ4n) is 3.02. The summed E-state index contributed by atoms with van der Waals surface area (Å²) in [5, 5.41) is 14.3. The molecule has 0 fully saturated rings. The van der Waals surface area contributed by atoms with Gasteiger partial charge in [0.2, 0.25) is 11.8 Å². The SMILES string of the molecule is COc1ccc(CC(=O)NC(C)c2nnc(SCC(=O)Nc3ccc(F)c(Cl)c3)n2C)cc1. The molecule has 0 aliphatic heterocycles. The third-order valence-corrected chi connectivity index (χ3v) is 6.00. The summed E-state index contributed by atoms with van der Waals surface area (Å²) in [6.45, 7) is 1.81. The predicted octanol–water partition coefficient (Wildman–Crippen LogP) is 3.77. The number of benzene rings is 2. The first-order valence-corrected chi connectivity index (χ1v) is 11.3. The van der Waals surface area contributed by atoms with Gasteiger partial charge in [-0.25, -0.2) is 4.39 Å². The van der Waals surface area contributed by atoms with Gasteiger partial charge in [0.25, 0.3) is 0 Å². The highest BCUT2D eigenvalue weighted by Gasteiger charge is 2.18. The molecule has 0 aliphatic rings. The van der Waals surface area contributed by atoms with Crippen molar-refractivity contribution in [3.8, 4) is 5.75 Å². The lowest BCUT2D eigenvalue weighted by Gasteiger charge is -2.14. The number of halogens is 2. The monoisotopic (exact) mass is 491 g/mol. The highest BCUT2D eigenvalue weighted by molar-refractivity contribution is 7.99. The molecule has 1 heterocycles. The van der Waals surface area contributed by atoms with Gasteiger partial charge in [0, 0.05) is 12.7 Å². The fraction of sp³-hybridized carbons (Fsp3) is 0.273. The summed E-state index contributed by atoms with van der Waals surface area (Å²) >= 11 is 6.92. The van der Waals surface area contributed by atoms with Gasteiger partial charge >= 0.3 is 0 Å². The molecule has 11 heteroatoms. The van der Waals surface area contributed by atoms with Crippen LogP contribution in [0, 0.1) is 5.82 Å². The Balaban J connectivity index is 1.52. The van der Waals surface area contributed by atoms with Crippen LogP contribution < -0.4 is 15.4 Å². The molecule has 3 aromatic rings. The summed E-state index contributed by atoms with van der Waals surface area (Å²) in [7, 11) is 3.35. The van der Waals surface area contributed by atoms with Crippen molar-refractivity contribution >= 4 is 40.9 Å². The van der Waals surface area contributed by atoms with Crippen LogP contribution in [0.15, 0.2) is 47.6 Å². The van der Waals surface area contributed by atoms with E-state index in [0.29, 0.717) is 16.7 Å². The maximum absolute atomic E-state index is 13.2. The first-order chi connectivity index (χ1) is 15.8. The van der Waals surface area contributed by atoms with E-state index in [-0.39, 0.29) is 35.1 Å². The Kier molecular flexibility index (Phi) is 8.29. The van der Waals surface area contributed by atoms with Crippen LogP contribution in [0.3, 0.4) is 0 Å². The summed E-state index contributed by atoms with van der Waals surface area (Å²) in [5.74, 6) is 0.355. The van der Waals surface area contributed by atoms with Crippen LogP contribution in [-0.4, -0.2) is 39.4 Å². The molecule has 0 bridgehead atoms. The molecule has 174 valence electrons. The van der Waals surface area contributed by atoms with E-state index in [1.165, 1.54) is 30.0 Å². The van der Waals surface area contributed by atoms with Crippen molar-refractivity contribution in [2.75, 3.05) is 18.2 Å². The number of hydrogen-bond acceptors (Lipinski definition) is 6. The van der Waals surface area contributed by atoms with E-state index in [9.17, 15) is 14.0 Å². The summed E-state index contributed by atoms with van der Waals surface area (Å²) in [5.41, 5.74) is 1.27. The zero-order valence-corrected chi connectivity index (χ0v) is 19.8. The molecule has 2 N–H and O–H groups in total. The molecule has 33 heavy (non-hydrogen) atoms. The molecule has 3 rings (SSSR count). The lowest BCUT2D eigenvalue weighted by atomic mass is 10.1. The van der Waals surface area contributed by atoms with Crippen LogP contribution in [0.2, 0.25) is 5.02 Å². The predicted molar refractivity (Wildman–Crippen MR) is 125 cm³/mol. The van der Waals surface area contributed by atoms with Crippen molar-refractivity contribution in [1.82, 2.24) is 20.1 Å². The standard InChI is InChI=1S/C22H23ClFN5O3S/c1-13(25-19(30)10-14-4-7-16(32-3)8-5-14)21-27-28-22(29(21)2)33-12-20(31)26-15-6-9-18(24)17(23)11-15/h4-9,11,13H,10,12H2,1-3H3,(H,25,30)(H,26,31). The molecule has 0 aliphatic carbocycles. The van der Waals surface area contributed by atoms with E-state index >= 15 is 0 Å². The number of ether oxygens (including phenoxy) is 1. The van der Waals surface area contributed by atoms with Crippen LogP contribution in [0.25, 0.3) is 0 Å². The molecule has 0 spiro atoms. The number of aromatic nitrogens is 3. The zero-order valence-electron chi connectivity index (χ0n) is 18.3. The second-order valence-electron chi connectivity index (χ2n) is 7.18. The smallest absolute Gasteiger partial charge is 0.234 e. The highest BCUT2D eigenvalue weighted by Crippen LogP contribution is 2.22. The van der Waals surface area contributed by atoms with Crippen molar-refractivity contribution in [1.29, 1.82) is 0 Å². The van der Waals surface area contributed by atoms with E-state index in [0.717, 1.165) is 11.3 Å². The topological polar surface area (TPSA) is 98.1 Å². The molecule has 0 saturated heterocycles. The maximum Gasteiger partial charge on any atom is 0.234 e. The normalized spacial score (nSPS) is 11.7. The van der Waals surface area contributed by atoms with Gasteiger partial charge in [0.1, 0.15) is 11.6 Å². The van der Waals surface area contributed by atoms with Gasteiger partial charge < -0.3 is 19.9 Å². The van der Waals surface area contributed by atoms with Gasteiger partial charge in [-0.3, -0.25) is 9.59 Å². The largest absolute Gasteiger partial charge is 0.497 e. The van der Waals surface area contributed by atoms with Crippen molar-refractivity contribution in [3.63, 3.8) is 0 Å². The molecular weight excluding hydrogens is 469 g/mol. The molecular formula is C22H23ClFN5O3S. The molecule has 2 amide bonds. The van der Waals surface area contributed by atoms with E-state index < -0.39 is 5.82 Å². The number of methoxy groups -OCH3 is 1. The lowest BCUT2D eigenvalue weighted by molar-refractivity contribution is -0.121. The summed E-state index contributed by atoms with van der Waals surface area (Å²) < 4.78 is 20.1. The number of carbonyl (C=O) groups is 2. The van der Waals surface area contributed by atoms with Crippen molar-refractivity contribution in [2.24, 2.45) is 7.05 Å². The molecule has 8 nitrogen and oxygen atoms in total. The number of rotatable bonds is 9. The average molecular weight is 492 g/mol. The van der Waals surface area contributed by atoms with Crippen LogP contribution in [0.5, 0.6) is 5.75 Å². The fourth-order valence-corrected chi connectivity index (χ4v) is 3.91. The summed E-state index contributed by atoms with van der Waals surface area (Å²) in [6, 6.07) is 10.9. The van der Waals surface area contributed by atoms with Gasteiger partial charge in [0.15, 0.2) is 11.0 Å². The van der Waals surface area contributed by atoms with Crippen molar-refractivity contribution in [3.05, 3.63) is 64.7 Å². The summed E-state index contributed by atoms with van der Waals surface area (Å²) in [6.07, 6.45) is 0.224. The van der Waals surface area contributed by atoms with Crippen LogP contribution in [-0.2, 0) is 23.1 Å². The highest BCUT2D eigenvalue weighted by atomic mass is 35.5. The molecule has 1 atom stereocenters. The minimum atomic E-state index is -0.555. The van der Waals surface area contributed by atoms with E-state index in [1.807, 2.05) is 19.1 Å². The maximum atomic E-state index is 13.2. The van der Waals surface area contributed by atoms with Crippen LogP contribution in [0.1, 0.15) is 24.4 Å². The van der Waals surface area contributed by atoms with Crippen LogP contribution in [0.4, 0.5) is 10.1 Å². The number of nitrogens with zero attached hydrogens (tertiary/aromatic N) is 3. The average Bonchev–Trinajstić information content (AvgIpc) is 3.15. The van der Waals surface area contributed by atoms with Gasteiger partial charge in [-0.1, -0.05) is 35.5 Å².